The van der Waals surface area contributed by atoms with Gasteiger partial charge in [-0.1, -0.05) is 30.3 Å². The summed E-state index contributed by atoms with van der Waals surface area (Å²) in [6.07, 6.45) is -4.64. The molecule has 2 aromatic carbocycles. The first-order valence-electron chi connectivity index (χ1n) is 8.50. The summed E-state index contributed by atoms with van der Waals surface area (Å²) in [6, 6.07) is 11.7. The standard InChI is InChI=1S/C20H16F3N3O2S/c1-12(27)24-16-7-5-14(6-8-16)17-11-29-19(25-17)26-18(28)10-13-3-2-4-15(9-13)20(21,22)23/h2-9,11H,10H2,1H3,(H,24,27)(H,25,26,28). The van der Waals surface area contributed by atoms with E-state index in [4.69, 9.17) is 0 Å². The molecule has 29 heavy (non-hydrogen) atoms. The van der Waals surface area contributed by atoms with Gasteiger partial charge in [-0.3, -0.25) is 9.59 Å². The molecule has 3 rings (SSSR count). The monoisotopic (exact) mass is 419 g/mol. The maximum Gasteiger partial charge on any atom is 0.416 e. The van der Waals surface area contributed by atoms with Crippen LogP contribution in [-0.4, -0.2) is 16.8 Å². The number of carbonyl (C=O) groups is 2. The second kappa shape index (κ2) is 8.44. The number of rotatable bonds is 5. The van der Waals surface area contributed by atoms with E-state index in [1.807, 2.05) is 0 Å². The Bertz CT molecular complexity index is 1030. The SMILES string of the molecule is CC(=O)Nc1ccc(-c2csc(NC(=O)Cc3cccc(C(F)(F)F)c3)n2)cc1. The van der Waals surface area contributed by atoms with E-state index in [0.717, 1.165) is 17.7 Å². The first-order valence-corrected chi connectivity index (χ1v) is 9.38. The van der Waals surface area contributed by atoms with Gasteiger partial charge in [0.05, 0.1) is 17.7 Å². The molecule has 0 aliphatic heterocycles. The first kappa shape index (κ1) is 20.5. The third-order valence-electron chi connectivity index (χ3n) is 3.87. The van der Waals surface area contributed by atoms with Gasteiger partial charge in [0.1, 0.15) is 0 Å². The van der Waals surface area contributed by atoms with Crippen molar-refractivity contribution in [2.24, 2.45) is 0 Å². The van der Waals surface area contributed by atoms with Crippen molar-refractivity contribution in [3.63, 3.8) is 0 Å². The molecule has 0 saturated heterocycles. The summed E-state index contributed by atoms with van der Waals surface area (Å²) < 4.78 is 38.3. The summed E-state index contributed by atoms with van der Waals surface area (Å²) in [5.74, 6) is -0.622. The Morgan fingerprint density at radius 3 is 2.45 bits per heavy atom. The van der Waals surface area contributed by atoms with Crippen LogP contribution in [0.4, 0.5) is 24.0 Å². The predicted molar refractivity (Wildman–Crippen MR) is 106 cm³/mol. The molecule has 0 radical (unpaired) electrons. The Morgan fingerprint density at radius 2 is 1.79 bits per heavy atom. The lowest BCUT2D eigenvalue weighted by atomic mass is 10.1. The van der Waals surface area contributed by atoms with Crippen LogP contribution in [0.2, 0.25) is 0 Å². The number of aromatic nitrogens is 1. The van der Waals surface area contributed by atoms with Crippen molar-refractivity contribution in [3.05, 3.63) is 65.0 Å². The zero-order valence-electron chi connectivity index (χ0n) is 15.2. The third-order valence-corrected chi connectivity index (χ3v) is 4.63. The van der Waals surface area contributed by atoms with Gasteiger partial charge in [-0.25, -0.2) is 4.98 Å². The Kier molecular flexibility index (Phi) is 5.97. The number of carbonyl (C=O) groups excluding carboxylic acids is 2. The van der Waals surface area contributed by atoms with Crippen molar-refractivity contribution >= 4 is 34.0 Å². The van der Waals surface area contributed by atoms with Gasteiger partial charge in [0.2, 0.25) is 11.8 Å². The van der Waals surface area contributed by atoms with E-state index in [1.54, 1.807) is 29.6 Å². The summed E-state index contributed by atoms with van der Waals surface area (Å²) in [5, 5.41) is 7.38. The second-order valence-corrected chi connectivity index (χ2v) is 7.08. The number of nitrogens with one attached hydrogen (secondary N) is 2. The van der Waals surface area contributed by atoms with Crippen LogP contribution in [0.5, 0.6) is 0 Å². The molecule has 5 nitrogen and oxygen atoms in total. The molecule has 0 spiro atoms. The van der Waals surface area contributed by atoms with E-state index in [-0.39, 0.29) is 17.9 Å². The van der Waals surface area contributed by atoms with Gasteiger partial charge >= 0.3 is 6.18 Å². The Morgan fingerprint density at radius 1 is 1.07 bits per heavy atom. The van der Waals surface area contributed by atoms with Crippen LogP contribution in [0.1, 0.15) is 18.1 Å². The summed E-state index contributed by atoms with van der Waals surface area (Å²) in [4.78, 5) is 27.6. The molecular weight excluding hydrogens is 403 g/mol. The van der Waals surface area contributed by atoms with Crippen LogP contribution in [0.25, 0.3) is 11.3 Å². The molecule has 9 heteroatoms. The normalized spacial score (nSPS) is 11.2. The highest BCUT2D eigenvalue weighted by atomic mass is 32.1. The molecule has 0 bridgehead atoms. The van der Waals surface area contributed by atoms with Crippen molar-refractivity contribution in [2.45, 2.75) is 19.5 Å². The first-order chi connectivity index (χ1) is 13.7. The molecule has 0 atom stereocenters. The molecule has 0 aliphatic rings. The average Bonchev–Trinajstić information content (AvgIpc) is 3.09. The molecular formula is C20H16F3N3O2S. The molecule has 0 unspecified atom stereocenters. The molecule has 0 aliphatic carbocycles. The van der Waals surface area contributed by atoms with Gasteiger partial charge in [0.25, 0.3) is 0 Å². The fraction of sp³-hybridized carbons (Fsp3) is 0.150. The largest absolute Gasteiger partial charge is 0.416 e. The molecule has 150 valence electrons. The van der Waals surface area contributed by atoms with Crippen LogP contribution >= 0.6 is 11.3 Å². The lowest BCUT2D eigenvalue weighted by Crippen LogP contribution is -2.15. The molecule has 1 heterocycles. The van der Waals surface area contributed by atoms with Crippen LogP contribution in [0.3, 0.4) is 0 Å². The van der Waals surface area contributed by atoms with Crippen molar-refractivity contribution < 1.29 is 22.8 Å². The predicted octanol–water partition coefficient (Wildman–Crippen LogP) is 4.97. The Hall–Kier alpha value is -3.20. The minimum Gasteiger partial charge on any atom is -0.326 e. The van der Waals surface area contributed by atoms with E-state index in [2.05, 4.69) is 15.6 Å². The van der Waals surface area contributed by atoms with Gasteiger partial charge in [-0.15, -0.1) is 11.3 Å². The minimum atomic E-state index is -4.45. The van der Waals surface area contributed by atoms with E-state index in [0.29, 0.717) is 16.5 Å². The summed E-state index contributed by atoms with van der Waals surface area (Å²) in [6.45, 7) is 1.42. The van der Waals surface area contributed by atoms with E-state index in [9.17, 15) is 22.8 Å². The van der Waals surface area contributed by atoms with Crippen molar-refractivity contribution in [1.82, 2.24) is 4.98 Å². The number of amides is 2. The van der Waals surface area contributed by atoms with E-state index >= 15 is 0 Å². The average molecular weight is 419 g/mol. The maximum absolute atomic E-state index is 12.8. The molecule has 1 aromatic heterocycles. The quantitative estimate of drug-likeness (QED) is 0.614. The number of thiazole rings is 1. The minimum absolute atomic E-state index is 0.169. The molecule has 3 aromatic rings. The Balaban J connectivity index is 1.64. The fourth-order valence-electron chi connectivity index (χ4n) is 2.60. The van der Waals surface area contributed by atoms with E-state index < -0.39 is 17.6 Å². The summed E-state index contributed by atoms with van der Waals surface area (Å²) in [5.41, 5.74) is 1.57. The van der Waals surface area contributed by atoms with Gasteiger partial charge in [0, 0.05) is 23.6 Å². The van der Waals surface area contributed by atoms with Gasteiger partial charge in [0.15, 0.2) is 5.13 Å². The highest BCUT2D eigenvalue weighted by Crippen LogP contribution is 2.30. The molecule has 0 fully saturated rings. The fourth-order valence-corrected chi connectivity index (χ4v) is 3.33. The van der Waals surface area contributed by atoms with Gasteiger partial charge in [-0.05, 0) is 23.8 Å². The number of nitrogens with zero attached hydrogens (tertiary/aromatic N) is 1. The summed E-state index contributed by atoms with van der Waals surface area (Å²) in [7, 11) is 0. The van der Waals surface area contributed by atoms with Crippen LogP contribution in [0.15, 0.2) is 53.9 Å². The van der Waals surface area contributed by atoms with E-state index in [1.165, 1.54) is 30.4 Å². The number of hydrogen-bond acceptors (Lipinski definition) is 4. The highest BCUT2D eigenvalue weighted by Gasteiger charge is 2.30. The van der Waals surface area contributed by atoms with Gasteiger partial charge < -0.3 is 10.6 Å². The smallest absolute Gasteiger partial charge is 0.326 e. The van der Waals surface area contributed by atoms with Crippen LogP contribution < -0.4 is 10.6 Å². The molecule has 2 amide bonds. The molecule has 0 saturated carbocycles. The maximum atomic E-state index is 12.8. The lowest BCUT2D eigenvalue weighted by Gasteiger charge is -2.08. The second-order valence-electron chi connectivity index (χ2n) is 6.22. The molecule has 2 N–H and O–H groups in total. The highest BCUT2D eigenvalue weighted by molar-refractivity contribution is 7.14. The van der Waals surface area contributed by atoms with Crippen LogP contribution in [-0.2, 0) is 22.2 Å². The Labute approximate surface area is 168 Å². The zero-order chi connectivity index (χ0) is 21.0. The topological polar surface area (TPSA) is 71.1 Å². The van der Waals surface area contributed by atoms with Crippen molar-refractivity contribution in [1.29, 1.82) is 0 Å². The number of benzene rings is 2. The zero-order valence-corrected chi connectivity index (χ0v) is 16.0. The third kappa shape index (κ3) is 5.64. The van der Waals surface area contributed by atoms with Crippen molar-refractivity contribution in [3.8, 4) is 11.3 Å². The lowest BCUT2D eigenvalue weighted by molar-refractivity contribution is -0.137. The summed E-state index contributed by atoms with van der Waals surface area (Å²) >= 11 is 1.21. The number of hydrogen-bond donors (Lipinski definition) is 2. The van der Waals surface area contributed by atoms with Gasteiger partial charge in [-0.2, -0.15) is 13.2 Å². The van der Waals surface area contributed by atoms with Crippen LogP contribution in [0, 0.1) is 0 Å². The number of halogens is 3. The number of alkyl halides is 3. The number of anilines is 2. The van der Waals surface area contributed by atoms with Crippen molar-refractivity contribution in [2.75, 3.05) is 10.6 Å².